The van der Waals surface area contributed by atoms with Crippen molar-refractivity contribution in [1.29, 1.82) is 0 Å². The average molecular weight is 222 g/mol. The fourth-order valence-electron chi connectivity index (χ4n) is 1.42. The number of nitrogens with two attached hydrogens (primary N) is 1. The lowest BCUT2D eigenvalue weighted by molar-refractivity contribution is 0.628. The van der Waals surface area contributed by atoms with Gasteiger partial charge in [0.05, 0.1) is 0 Å². The van der Waals surface area contributed by atoms with Gasteiger partial charge in [-0.3, -0.25) is 0 Å². The molecule has 0 heterocycles. The summed E-state index contributed by atoms with van der Waals surface area (Å²) >= 11 is 6.01. The van der Waals surface area contributed by atoms with Crippen molar-refractivity contribution in [2.24, 2.45) is 0 Å². The van der Waals surface area contributed by atoms with E-state index in [2.05, 4.69) is 0 Å². The molecule has 0 spiro atoms. The van der Waals surface area contributed by atoms with Gasteiger partial charge in [0.2, 0.25) is 0 Å². The third-order valence-electron chi connectivity index (χ3n) is 2.13. The van der Waals surface area contributed by atoms with Crippen molar-refractivity contribution in [2.75, 3.05) is 5.73 Å². The number of benzene rings is 2. The first kappa shape index (κ1) is 9.99. The largest absolute Gasteiger partial charge is 0.399 e. The van der Waals surface area contributed by atoms with Gasteiger partial charge in [0.15, 0.2) is 0 Å². The normalized spacial score (nSPS) is 10.3. The maximum Gasteiger partial charge on any atom is 0.123 e. The molecule has 0 radical (unpaired) electrons. The highest BCUT2D eigenvalue weighted by Crippen LogP contribution is 2.29. The molecule has 0 bridgehead atoms. The van der Waals surface area contributed by atoms with Crippen LogP contribution in [0.3, 0.4) is 0 Å². The molecule has 2 aromatic carbocycles. The van der Waals surface area contributed by atoms with E-state index in [9.17, 15) is 4.39 Å². The predicted molar refractivity (Wildman–Crippen MR) is 61.3 cm³/mol. The van der Waals surface area contributed by atoms with E-state index in [1.54, 1.807) is 30.3 Å². The van der Waals surface area contributed by atoms with E-state index >= 15 is 0 Å². The van der Waals surface area contributed by atoms with E-state index in [0.29, 0.717) is 10.7 Å². The van der Waals surface area contributed by atoms with E-state index in [1.165, 1.54) is 12.1 Å². The summed E-state index contributed by atoms with van der Waals surface area (Å²) in [6.45, 7) is 0. The van der Waals surface area contributed by atoms with Gasteiger partial charge in [-0.05, 0) is 35.9 Å². The second-order valence-electron chi connectivity index (χ2n) is 3.25. The fourth-order valence-corrected chi connectivity index (χ4v) is 1.65. The minimum atomic E-state index is -0.286. The zero-order valence-corrected chi connectivity index (χ0v) is 8.63. The van der Waals surface area contributed by atoms with Gasteiger partial charge < -0.3 is 5.73 Å². The Morgan fingerprint density at radius 2 is 1.87 bits per heavy atom. The van der Waals surface area contributed by atoms with Crippen molar-refractivity contribution in [3.05, 3.63) is 53.3 Å². The first-order valence-electron chi connectivity index (χ1n) is 4.48. The molecule has 2 rings (SSSR count). The molecule has 76 valence electrons. The van der Waals surface area contributed by atoms with Gasteiger partial charge in [-0.25, -0.2) is 4.39 Å². The van der Waals surface area contributed by atoms with Crippen LogP contribution < -0.4 is 5.73 Å². The van der Waals surface area contributed by atoms with Gasteiger partial charge in [-0.15, -0.1) is 0 Å². The van der Waals surface area contributed by atoms with Crippen LogP contribution in [0.25, 0.3) is 11.1 Å². The molecular formula is C12H9ClFN. The molecule has 0 aliphatic rings. The average Bonchev–Trinajstić information content (AvgIpc) is 2.22. The summed E-state index contributed by atoms with van der Waals surface area (Å²) in [5.74, 6) is -0.286. The monoisotopic (exact) mass is 221 g/mol. The quantitative estimate of drug-likeness (QED) is 0.730. The Labute approximate surface area is 92.3 Å². The molecule has 0 saturated heterocycles. The molecule has 1 nitrogen and oxygen atoms in total. The fraction of sp³-hybridized carbons (Fsp3) is 0. The molecule has 0 aromatic heterocycles. The van der Waals surface area contributed by atoms with E-state index < -0.39 is 0 Å². The predicted octanol–water partition coefficient (Wildman–Crippen LogP) is 3.73. The summed E-state index contributed by atoms with van der Waals surface area (Å²) in [6.07, 6.45) is 0. The highest BCUT2D eigenvalue weighted by molar-refractivity contribution is 6.33. The molecule has 3 heteroatoms. The Morgan fingerprint density at radius 3 is 2.60 bits per heavy atom. The lowest BCUT2D eigenvalue weighted by Gasteiger charge is -2.05. The third-order valence-corrected chi connectivity index (χ3v) is 2.46. The van der Waals surface area contributed by atoms with Crippen LogP contribution in [0, 0.1) is 5.82 Å². The van der Waals surface area contributed by atoms with Crippen LogP contribution in [-0.4, -0.2) is 0 Å². The second kappa shape index (κ2) is 3.91. The van der Waals surface area contributed by atoms with Gasteiger partial charge >= 0.3 is 0 Å². The first-order chi connectivity index (χ1) is 7.16. The second-order valence-corrected chi connectivity index (χ2v) is 3.66. The Kier molecular flexibility index (Phi) is 2.60. The van der Waals surface area contributed by atoms with Crippen LogP contribution in [0.2, 0.25) is 5.02 Å². The van der Waals surface area contributed by atoms with Crippen molar-refractivity contribution in [3.63, 3.8) is 0 Å². The molecule has 0 saturated carbocycles. The number of anilines is 1. The van der Waals surface area contributed by atoms with Crippen LogP contribution in [0.5, 0.6) is 0 Å². The minimum Gasteiger partial charge on any atom is -0.399 e. The Bertz CT molecular complexity index is 497. The molecule has 2 N–H and O–H groups in total. The lowest BCUT2D eigenvalue weighted by Crippen LogP contribution is -1.87. The molecule has 0 fully saturated rings. The summed E-state index contributed by atoms with van der Waals surface area (Å²) in [5.41, 5.74) is 7.74. The SMILES string of the molecule is Nc1ccc(Cl)c(-c2cccc(F)c2)c1. The maximum atomic E-state index is 13.0. The molecule has 0 atom stereocenters. The molecule has 0 unspecified atom stereocenters. The molecule has 0 amide bonds. The smallest absolute Gasteiger partial charge is 0.123 e. The molecule has 0 aliphatic heterocycles. The Morgan fingerprint density at radius 1 is 1.07 bits per heavy atom. The molecule has 0 aliphatic carbocycles. The number of halogens is 2. The van der Waals surface area contributed by atoms with Crippen LogP contribution in [0.15, 0.2) is 42.5 Å². The number of rotatable bonds is 1. The first-order valence-corrected chi connectivity index (χ1v) is 4.85. The number of hydrogen-bond donors (Lipinski definition) is 1. The number of nitrogen functional groups attached to an aromatic ring is 1. The molecule has 15 heavy (non-hydrogen) atoms. The summed E-state index contributed by atoms with van der Waals surface area (Å²) < 4.78 is 13.0. The summed E-state index contributed by atoms with van der Waals surface area (Å²) in [7, 11) is 0. The van der Waals surface area contributed by atoms with Crippen LogP contribution in [0.4, 0.5) is 10.1 Å². The van der Waals surface area contributed by atoms with Crippen molar-refractivity contribution in [2.45, 2.75) is 0 Å². The van der Waals surface area contributed by atoms with Gasteiger partial charge in [-0.1, -0.05) is 23.7 Å². The van der Waals surface area contributed by atoms with E-state index in [-0.39, 0.29) is 5.82 Å². The lowest BCUT2D eigenvalue weighted by atomic mass is 10.1. The zero-order valence-electron chi connectivity index (χ0n) is 7.87. The van der Waals surface area contributed by atoms with Gasteiger partial charge in [0, 0.05) is 16.3 Å². The van der Waals surface area contributed by atoms with Gasteiger partial charge in [0.1, 0.15) is 5.82 Å². The van der Waals surface area contributed by atoms with Crippen molar-refractivity contribution in [1.82, 2.24) is 0 Å². The van der Waals surface area contributed by atoms with Gasteiger partial charge in [0.25, 0.3) is 0 Å². The van der Waals surface area contributed by atoms with Crippen LogP contribution in [-0.2, 0) is 0 Å². The van der Waals surface area contributed by atoms with Gasteiger partial charge in [-0.2, -0.15) is 0 Å². The summed E-state index contributed by atoms with van der Waals surface area (Å²) in [5, 5.41) is 0.565. The zero-order chi connectivity index (χ0) is 10.8. The molecule has 2 aromatic rings. The number of hydrogen-bond acceptors (Lipinski definition) is 1. The minimum absolute atomic E-state index is 0.286. The van der Waals surface area contributed by atoms with E-state index in [0.717, 1.165) is 11.1 Å². The third kappa shape index (κ3) is 2.10. The Hall–Kier alpha value is -1.54. The van der Waals surface area contributed by atoms with Crippen LogP contribution in [0.1, 0.15) is 0 Å². The van der Waals surface area contributed by atoms with Crippen molar-refractivity contribution < 1.29 is 4.39 Å². The highest BCUT2D eigenvalue weighted by atomic mass is 35.5. The van der Waals surface area contributed by atoms with Crippen molar-refractivity contribution in [3.8, 4) is 11.1 Å². The Balaban J connectivity index is 2.58. The van der Waals surface area contributed by atoms with Crippen LogP contribution >= 0.6 is 11.6 Å². The topological polar surface area (TPSA) is 26.0 Å². The standard InChI is InChI=1S/C12H9ClFN/c13-12-5-4-10(15)7-11(12)8-2-1-3-9(14)6-8/h1-7H,15H2. The molecular weight excluding hydrogens is 213 g/mol. The highest BCUT2D eigenvalue weighted by Gasteiger charge is 2.04. The maximum absolute atomic E-state index is 13.0. The summed E-state index contributed by atoms with van der Waals surface area (Å²) in [6, 6.07) is 11.4. The van der Waals surface area contributed by atoms with Crippen molar-refractivity contribution >= 4 is 17.3 Å². The van der Waals surface area contributed by atoms with E-state index in [4.69, 9.17) is 17.3 Å². The summed E-state index contributed by atoms with van der Waals surface area (Å²) in [4.78, 5) is 0. The van der Waals surface area contributed by atoms with E-state index in [1.807, 2.05) is 0 Å².